The van der Waals surface area contributed by atoms with E-state index in [0.29, 0.717) is 22.8 Å². The van der Waals surface area contributed by atoms with Crippen molar-refractivity contribution >= 4 is 27.5 Å². The van der Waals surface area contributed by atoms with E-state index >= 15 is 0 Å². The van der Waals surface area contributed by atoms with Crippen molar-refractivity contribution in [3.05, 3.63) is 77.7 Å². The predicted octanol–water partition coefficient (Wildman–Crippen LogP) is 2.47. The quantitative estimate of drug-likeness (QED) is 0.517. The molecule has 0 saturated heterocycles. The van der Waals surface area contributed by atoms with E-state index in [-0.39, 0.29) is 10.5 Å². The number of methoxy groups -OCH3 is 1. The first-order chi connectivity index (χ1) is 14.3. The van der Waals surface area contributed by atoms with Crippen LogP contribution in [0.4, 0.5) is 5.69 Å². The van der Waals surface area contributed by atoms with Crippen LogP contribution in [0.1, 0.15) is 26.5 Å². The SMILES string of the molecule is COc1ccc(NS(=O)(=O)c2ccc(C(=O)NNC(=O)c3ccoc3C)cc2)cc1. The van der Waals surface area contributed by atoms with Crippen molar-refractivity contribution in [1.82, 2.24) is 10.9 Å². The first-order valence-electron chi connectivity index (χ1n) is 8.72. The Bertz CT molecular complexity index is 1150. The molecule has 3 N–H and O–H groups in total. The normalized spacial score (nSPS) is 10.9. The summed E-state index contributed by atoms with van der Waals surface area (Å²) in [5.41, 5.74) is 5.37. The minimum atomic E-state index is -3.84. The molecular formula is C20H19N3O6S. The highest BCUT2D eigenvalue weighted by molar-refractivity contribution is 7.92. The third-order valence-electron chi connectivity index (χ3n) is 4.16. The number of benzene rings is 2. The van der Waals surface area contributed by atoms with E-state index in [4.69, 9.17) is 9.15 Å². The largest absolute Gasteiger partial charge is 0.497 e. The van der Waals surface area contributed by atoms with Crippen molar-refractivity contribution in [3.8, 4) is 5.75 Å². The number of furan rings is 1. The van der Waals surface area contributed by atoms with Gasteiger partial charge in [-0.1, -0.05) is 0 Å². The van der Waals surface area contributed by atoms with E-state index in [2.05, 4.69) is 15.6 Å². The Morgan fingerprint density at radius 2 is 1.53 bits per heavy atom. The molecule has 1 heterocycles. The van der Waals surface area contributed by atoms with Crippen molar-refractivity contribution in [2.24, 2.45) is 0 Å². The van der Waals surface area contributed by atoms with Gasteiger partial charge >= 0.3 is 0 Å². The van der Waals surface area contributed by atoms with Gasteiger partial charge in [-0.3, -0.25) is 25.2 Å². The molecule has 0 aliphatic heterocycles. The number of hydrogen-bond donors (Lipinski definition) is 3. The van der Waals surface area contributed by atoms with Crippen LogP contribution >= 0.6 is 0 Å². The molecule has 0 aliphatic carbocycles. The van der Waals surface area contributed by atoms with E-state index in [1.54, 1.807) is 31.2 Å². The Balaban J connectivity index is 1.63. The van der Waals surface area contributed by atoms with Crippen LogP contribution in [0.2, 0.25) is 0 Å². The van der Waals surface area contributed by atoms with Gasteiger partial charge in [0.05, 0.1) is 23.8 Å². The summed E-state index contributed by atoms with van der Waals surface area (Å²) in [6, 6.07) is 13.2. The van der Waals surface area contributed by atoms with Gasteiger partial charge in [0.15, 0.2) is 0 Å². The van der Waals surface area contributed by atoms with Crippen molar-refractivity contribution in [3.63, 3.8) is 0 Å². The maximum atomic E-state index is 12.5. The molecular weight excluding hydrogens is 410 g/mol. The highest BCUT2D eigenvalue weighted by atomic mass is 32.2. The Morgan fingerprint density at radius 1 is 0.900 bits per heavy atom. The molecule has 0 unspecified atom stereocenters. The molecule has 9 nitrogen and oxygen atoms in total. The molecule has 0 fully saturated rings. The Morgan fingerprint density at radius 3 is 2.10 bits per heavy atom. The van der Waals surface area contributed by atoms with Gasteiger partial charge in [-0.2, -0.15) is 0 Å². The number of hydrazine groups is 1. The number of nitrogens with one attached hydrogen (secondary N) is 3. The summed E-state index contributed by atoms with van der Waals surface area (Å²) in [6.45, 7) is 1.62. The van der Waals surface area contributed by atoms with Crippen molar-refractivity contribution in [1.29, 1.82) is 0 Å². The molecule has 0 radical (unpaired) electrons. The zero-order chi connectivity index (χ0) is 21.7. The van der Waals surface area contributed by atoms with E-state index < -0.39 is 21.8 Å². The molecule has 0 aliphatic rings. The third-order valence-corrected chi connectivity index (χ3v) is 5.56. The number of amides is 2. The Kier molecular flexibility index (Phi) is 6.07. The molecule has 2 aromatic carbocycles. The first-order valence-corrected chi connectivity index (χ1v) is 10.2. The van der Waals surface area contributed by atoms with Crippen LogP contribution in [0.15, 0.2) is 70.2 Å². The monoisotopic (exact) mass is 429 g/mol. The average Bonchev–Trinajstić information content (AvgIpc) is 3.18. The van der Waals surface area contributed by atoms with Crippen LogP contribution in [-0.4, -0.2) is 27.3 Å². The number of hydrogen-bond acceptors (Lipinski definition) is 6. The lowest BCUT2D eigenvalue weighted by Gasteiger charge is -2.10. The zero-order valence-corrected chi connectivity index (χ0v) is 16.9. The van der Waals surface area contributed by atoms with Gasteiger partial charge < -0.3 is 9.15 Å². The molecule has 156 valence electrons. The second kappa shape index (κ2) is 8.70. The fourth-order valence-electron chi connectivity index (χ4n) is 2.53. The van der Waals surface area contributed by atoms with Gasteiger partial charge in [0.2, 0.25) is 0 Å². The number of carbonyl (C=O) groups excluding carboxylic acids is 2. The van der Waals surface area contributed by atoms with Crippen LogP contribution in [0, 0.1) is 6.92 Å². The zero-order valence-electron chi connectivity index (χ0n) is 16.1. The summed E-state index contributed by atoms with van der Waals surface area (Å²) in [6.07, 6.45) is 1.37. The lowest BCUT2D eigenvalue weighted by Crippen LogP contribution is -2.41. The molecule has 3 rings (SSSR count). The van der Waals surface area contributed by atoms with Crippen LogP contribution < -0.4 is 20.3 Å². The topological polar surface area (TPSA) is 127 Å². The van der Waals surface area contributed by atoms with Crippen LogP contribution in [0.25, 0.3) is 0 Å². The lowest BCUT2D eigenvalue weighted by molar-refractivity contribution is 0.0845. The second-order valence-corrected chi connectivity index (χ2v) is 7.84. The number of sulfonamides is 1. The maximum absolute atomic E-state index is 12.5. The lowest BCUT2D eigenvalue weighted by atomic mass is 10.2. The fraction of sp³-hybridized carbons (Fsp3) is 0.100. The Hall–Kier alpha value is -3.79. The molecule has 30 heavy (non-hydrogen) atoms. The van der Waals surface area contributed by atoms with Crippen molar-refractivity contribution < 1.29 is 27.2 Å². The van der Waals surface area contributed by atoms with Gasteiger partial charge in [0.1, 0.15) is 11.5 Å². The summed E-state index contributed by atoms with van der Waals surface area (Å²) < 4.78 is 37.5. The molecule has 0 spiro atoms. The second-order valence-electron chi connectivity index (χ2n) is 6.16. The number of anilines is 1. The number of ether oxygens (including phenoxy) is 1. The highest BCUT2D eigenvalue weighted by Crippen LogP contribution is 2.19. The minimum Gasteiger partial charge on any atom is -0.497 e. The molecule has 10 heteroatoms. The fourth-order valence-corrected chi connectivity index (χ4v) is 3.59. The average molecular weight is 429 g/mol. The van der Waals surface area contributed by atoms with E-state index in [9.17, 15) is 18.0 Å². The van der Waals surface area contributed by atoms with Crippen molar-refractivity contribution in [2.75, 3.05) is 11.8 Å². The van der Waals surface area contributed by atoms with Crippen LogP contribution in [0.3, 0.4) is 0 Å². The van der Waals surface area contributed by atoms with E-state index in [0.717, 1.165) is 0 Å². The Labute approximate surface area is 173 Å². The molecule has 0 bridgehead atoms. The molecule has 1 aromatic heterocycles. The van der Waals surface area contributed by atoms with E-state index in [1.807, 2.05) is 0 Å². The van der Waals surface area contributed by atoms with Crippen molar-refractivity contribution in [2.45, 2.75) is 11.8 Å². The van der Waals surface area contributed by atoms with E-state index in [1.165, 1.54) is 43.7 Å². The van der Waals surface area contributed by atoms with Crippen LogP contribution in [-0.2, 0) is 10.0 Å². The number of carbonyl (C=O) groups is 2. The van der Waals surface area contributed by atoms with Crippen LogP contribution in [0.5, 0.6) is 5.75 Å². The summed E-state index contributed by atoms with van der Waals surface area (Å²) in [5.74, 6) is -0.113. The molecule has 0 atom stereocenters. The van der Waals surface area contributed by atoms with Gasteiger partial charge in [-0.05, 0) is 61.5 Å². The first kappa shape index (κ1) is 20.9. The van der Waals surface area contributed by atoms with Gasteiger partial charge in [0, 0.05) is 11.3 Å². The summed E-state index contributed by atoms with van der Waals surface area (Å²) in [5, 5.41) is 0. The summed E-state index contributed by atoms with van der Waals surface area (Å²) >= 11 is 0. The predicted molar refractivity (Wildman–Crippen MR) is 109 cm³/mol. The maximum Gasteiger partial charge on any atom is 0.273 e. The standard InChI is InChI=1S/C20H19N3O6S/c1-13-18(11-12-29-13)20(25)22-21-19(24)14-3-9-17(10-4-14)30(26,27)23-15-5-7-16(28-2)8-6-15/h3-12,23H,1-2H3,(H,21,24)(H,22,25). The molecule has 2 amide bonds. The van der Waals surface area contributed by atoms with Gasteiger partial charge in [-0.25, -0.2) is 8.42 Å². The number of aryl methyl sites for hydroxylation is 1. The van der Waals surface area contributed by atoms with Gasteiger partial charge in [0.25, 0.3) is 21.8 Å². The summed E-state index contributed by atoms with van der Waals surface area (Å²) in [7, 11) is -2.32. The summed E-state index contributed by atoms with van der Waals surface area (Å²) in [4.78, 5) is 24.1. The minimum absolute atomic E-state index is 0.0204. The molecule has 3 aromatic rings. The smallest absolute Gasteiger partial charge is 0.273 e. The number of rotatable bonds is 6. The van der Waals surface area contributed by atoms with Gasteiger partial charge in [-0.15, -0.1) is 0 Å². The third kappa shape index (κ3) is 4.78. The highest BCUT2D eigenvalue weighted by Gasteiger charge is 2.16. The molecule has 0 saturated carbocycles.